The van der Waals surface area contributed by atoms with E-state index in [1.165, 1.54) is 24.8 Å². The summed E-state index contributed by atoms with van der Waals surface area (Å²) in [7, 11) is -2.46. The lowest BCUT2D eigenvalue weighted by Gasteiger charge is -2.27. The first-order valence-electron chi connectivity index (χ1n) is 10.5. The molecule has 1 aliphatic carbocycles. The number of aryl methyl sites for hydroxylation is 1. The Morgan fingerprint density at radius 2 is 1.97 bits per heavy atom. The third-order valence-corrected chi connectivity index (χ3v) is 6.46. The van der Waals surface area contributed by atoms with Gasteiger partial charge in [0.05, 0.1) is 0 Å². The quantitative estimate of drug-likeness (QED) is 0.587. The summed E-state index contributed by atoms with van der Waals surface area (Å²) in [5.41, 5.74) is 3.20. The van der Waals surface area contributed by atoms with Crippen LogP contribution in [0.5, 0.6) is 0 Å². The van der Waals surface area contributed by atoms with Gasteiger partial charge in [-0.2, -0.15) is 0 Å². The summed E-state index contributed by atoms with van der Waals surface area (Å²) in [4.78, 5) is 16.4. The molecule has 0 aliphatic heterocycles. The minimum absolute atomic E-state index is 0.0215. The second-order valence-corrected chi connectivity index (χ2v) is 9.72. The zero-order valence-electron chi connectivity index (χ0n) is 18.4. The summed E-state index contributed by atoms with van der Waals surface area (Å²) in [6.45, 7) is 7.66. The van der Waals surface area contributed by atoms with Crippen molar-refractivity contribution in [2.24, 2.45) is 16.8 Å². The van der Waals surface area contributed by atoms with E-state index in [0.29, 0.717) is 30.1 Å². The second kappa shape index (κ2) is 11.2. The van der Waals surface area contributed by atoms with Gasteiger partial charge in [0, 0.05) is 12.5 Å². The first-order chi connectivity index (χ1) is 14.6. The third kappa shape index (κ3) is 7.90. The van der Waals surface area contributed by atoms with Gasteiger partial charge in [0.25, 0.3) is 15.9 Å². The van der Waals surface area contributed by atoms with Gasteiger partial charge in [0.15, 0.2) is 0 Å². The van der Waals surface area contributed by atoms with Gasteiger partial charge in [-0.1, -0.05) is 44.2 Å². The van der Waals surface area contributed by atoms with Gasteiger partial charge >= 0.3 is 0 Å². The SMILES string of the molecule is C=CS(=O)(=O)NC(=O)C(/C=C(/C=C1/CC[C@H](C)C[C@H]1C)CCc1ccc(F)cc1)=NC. The summed E-state index contributed by atoms with van der Waals surface area (Å²) in [6, 6.07) is 6.33. The van der Waals surface area contributed by atoms with E-state index in [-0.39, 0.29) is 11.5 Å². The molecule has 1 aromatic carbocycles. The van der Waals surface area contributed by atoms with Crippen LogP contribution in [0, 0.1) is 17.7 Å². The molecule has 0 saturated heterocycles. The van der Waals surface area contributed by atoms with E-state index in [0.717, 1.165) is 30.4 Å². The molecule has 1 aliphatic rings. The van der Waals surface area contributed by atoms with Crippen molar-refractivity contribution in [3.05, 3.63) is 70.9 Å². The molecule has 2 atom stereocenters. The smallest absolute Gasteiger partial charge is 0.283 e. The van der Waals surface area contributed by atoms with Crippen LogP contribution in [-0.2, 0) is 21.2 Å². The Labute approximate surface area is 184 Å². The van der Waals surface area contributed by atoms with Crippen molar-refractivity contribution in [3.8, 4) is 0 Å². The number of aliphatic imine (C=N–C) groups is 1. The highest BCUT2D eigenvalue weighted by molar-refractivity contribution is 7.93. The predicted molar refractivity (Wildman–Crippen MR) is 124 cm³/mol. The molecule has 1 fully saturated rings. The minimum Gasteiger partial charge on any atom is -0.283 e. The molecule has 0 heterocycles. The molecule has 1 amide bonds. The highest BCUT2D eigenvalue weighted by atomic mass is 32.2. The van der Waals surface area contributed by atoms with Gasteiger partial charge in [0.2, 0.25) is 0 Å². The van der Waals surface area contributed by atoms with Crippen LogP contribution in [0.1, 0.15) is 45.1 Å². The van der Waals surface area contributed by atoms with Gasteiger partial charge in [-0.05, 0) is 73.3 Å². The Bertz CT molecular complexity index is 992. The first kappa shape index (κ1) is 24.7. The molecule has 0 radical (unpaired) electrons. The lowest BCUT2D eigenvalue weighted by atomic mass is 9.79. The molecule has 1 N–H and O–H groups in total. The van der Waals surface area contributed by atoms with E-state index >= 15 is 0 Å². The number of carbonyl (C=O) groups is 1. The number of nitrogens with zero attached hydrogens (tertiary/aromatic N) is 1. The standard InChI is InChI=1S/C24H31FN2O3S/c1-5-31(29,30)27-24(28)23(26-4)16-20(8-7-19-9-12-22(25)13-10-19)15-21-11-6-17(2)14-18(21)3/h5,9-10,12-13,15-18H,1,6-8,11,14H2,2-4H3,(H,27,28)/b20-16+,21-15-,26-23?/t17-,18+/m0/s1. The van der Waals surface area contributed by atoms with Gasteiger partial charge < -0.3 is 0 Å². The molecule has 0 aromatic heterocycles. The van der Waals surface area contributed by atoms with E-state index in [2.05, 4.69) is 31.5 Å². The van der Waals surface area contributed by atoms with Crippen molar-refractivity contribution >= 4 is 21.6 Å². The summed E-state index contributed by atoms with van der Waals surface area (Å²) in [6.07, 6.45) is 8.24. The Hall–Kier alpha value is -2.54. The van der Waals surface area contributed by atoms with Crippen molar-refractivity contribution in [1.82, 2.24) is 4.72 Å². The molecule has 0 spiro atoms. The number of sulfonamides is 1. The predicted octanol–water partition coefficient (Wildman–Crippen LogP) is 4.73. The van der Waals surface area contributed by atoms with E-state index in [4.69, 9.17) is 0 Å². The number of hydrogen-bond donors (Lipinski definition) is 1. The van der Waals surface area contributed by atoms with Crippen LogP contribution in [-0.4, -0.2) is 27.1 Å². The maximum atomic E-state index is 13.2. The van der Waals surface area contributed by atoms with Crippen LogP contribution in [0.2, 0.25) is 0 Å². The Morgan fingerprint density at radius 1 is 1.29 bits per heavy atom. The lowest BCUT2D eigenvalue weighted by Crippen LogP contribution is -2.34. The summed E-state index contributed by atoms with van der Waals surface area (Å²) in [5.74, 6) is 0.0362. The second-order valence-electron chi connectivity index (χ2n) is 8.10. The molecule has 7 heteroatoms. The third-order valence-electron chi connectivity index (χ3n) is 5.55. The van der Waals surface area contributed by atoms with Crippen molar-refractivity contribution < 1.29 is 17.6 Å². The molecular formula is C24H31FN2O3S. The number of rotatable bonds is 8. The number of halogens is 1. The van der Waals surface area contributed by atoms with Crippen molar-refractivity contribution in [2.75, 3.05) is 7.05 Å². The first-order valence-corrected chi connectivity index (χ1v) is 12.0. The Kier molecular flexibility index (Phi) is 8.92. The fourth-order valence-corrected chi connectivity index (χ4v) is 4.19. The molecule has 5 nitrogen and oxygen atoms in total. The van der Waals surface area contributed by atoms with E-state index in [9.17, 15) is 17.6 Å². The average molecular weight is 447 g/mol. The molecule has 0 bridgehead atoms. The van der Waals surface area contributed by atoms with Gasteiger partial charge in [-0.25, -0.2) is 17.5 Å². The molecule has 1 aromatic rings. The lowest BCUT2D eigenvalue weighted by molar-refractivity contribution is -0.113. The molecule has 31 heavy (non-hydrogen) atoms. The van der Waals surface area contributed by atoms with E-state index in [1.54, 1.807) is 18.2 Å². The monoisotopic (exact) mass is 446 g/mol. The summed E-state index contributed by atoms with van der Waals surface area (Å²) >= 11 is 0. The molecule has 0 unspecified atom stereocenters. The van der Waals surface area contributed by atoms with Gasteiger partial charge in [0.1, 0.15) is 11.5 Å². The molecule has 1 saturated carbocycles. The van der Waals surface area contributed by atoms with Crippen molar-refractivity contribution in [3.63, 3.8) is 0 Å². The summed E-state index contributed by atoms with van der Waals surface area (Å²) < 4.78 is 38.5. The number of hydrogen-bond acceptors (Lipinski definition) is 4. The highest BCUT2D eigenvalue weighted by Gasteiger charge is 2.20. The van der Waals surface area contributed by atoms with E-state index in [1.807, 2.05) is 4.72 Å². The number of benzene rings is 1. The highest BCUT2D eigenvalue weighted by Crippen LogP contribution is 2.34. The normalized spacial score (nSPS) is 21.7. The van der Waals surface area contributed by atoms with E-state index < -0.39 is 15.9 Å². The molecular weight excluding hydrogens is 415 g/mol. The van der Waals surface area contributed by atoms with Crippen LogP contribution in [0.25, 0.3) is 0 Å². The average Bonchev–Trinajstić information content (AvgIpc) is 2.72. The van der Waals surface area contributed by atoms with Crippen LogP contribution < -0.4 is 4.72 Å². The molecule has 2 rings (SSSR count). The van der Waals surface area contributed by atoms with Crippen LogP contribution >= 0.6 is 0 Å². The van der Waals surface area contributed by atoms with Crippen molar-refractivity contribution in [2.45, 2.75) is 46.0 Å². The van der Waals surface area contributed by atoms with Crippen LogP contribution in [0.3, 0.4) is 0 Å². The van der Waals surface area contributed by atoms with Gasteiger partial charge in [-0.15, -0.1) is 0 Å². The number of nitrogens with one attached hydrogen (secondary N) is 1. The number of carbonyl (C=O) groups excluding carboxylic acids is 1. The maximum Gasteiger partial charge on any atom is 0.283 e. The number of allylic oxidation sites excluding steroid dienone is 3. The minimum atomic E-state index is -3.91. The zero-order valence-corrected chi connectivity index (χ0v) is 19.2. The van der Waals surface area contributed by atoms with Crippen molar-refractivity contribution in [1.29, 1.82) is 0 Å². The fourth-order valence-electron chi connectivity index (χ4n) is 3.74. The fraction of sp³-hybridized carbons (Fsp3) is 0.417. The van der Waals surface area contributed by atoms with Crippen LogP contribution in [0.4, 0.5) is 4.39 Å². The topological polar surface area (TPSA) is 75.6 Å². The van der Waals surface area contributed by atoms with Gasteiger partial charge in [-0.3, -0.25) is 9.79 Å². The summed E-state index contributed by atoms with van der Waals surface area (Å²) in [5, 5.41) is 0.685. The Morgan fingerprint density at radius 3 is 2.55 bits per heavy atom. The largest absolute Gasteiger partial charge is 0.283 e. The Balaban J connectivity index is 2.31. The molecule has 168 valence electrons. The number of amides is 1. The van der Waals surface area contributed by atoms with Crippen LogP contribution in [0.15, 0.2) is 64.5 Å². The maximum absolute atomic E-state index is 13.2. The zero-order chi connectivity index (χ0) is 23.0.